The molecule has 0 radical (unpaired) electrons. The molecule has 2 fully saturated rings. The lowest BCUT2D eigenvalue weighted by molar-refractivity contribution is -0.0366. The molecule has 0 N–H and O–H groups in total. The molecule has 1 amide bonds. The van der Waals surface area contributed by atoms with Crippen molar-refractivity contribution in [3.05, 3.63) is 40.8 Å². The lowest BCUT2D eigenvalue weighted by Gasteiger charge is -2.41. The van der Waals surface area contributed by atoms with Gasteiger partial charge in [0.15, 0.2) is 6.23 Å². The third-order valence-corrected chi connectivity index (χ3v) is 9.71. The number of rotatable bonds is 4. The number of amides is 1. The zero-order valence-corrected chi connectivity index (χ0v) is 28.1. The molecule has 4 aromatic rings. The van der Waals surface area contributed by atoms with Crippen molar-refractivity contribution in [2.24, 2.45) is 0 Å². The Hall–Kier alpha value is -4.14. The molecule has 0 bridgehead atoms. The van der Waals surface area contributed by atoms with Crippen molar-refractivity contribution in [3.63, 3.8) is 0 Å². The van der Waals surface area contributed by atoms with E-state index in [1.54, 1.807) is 11.2 Å². The van der Waals surface area contributed by atoms with Crippen LogP contribution in [0.25, 0.3) is 32.9 Å². The monoisotopic (exact) mass is 657 g/mol. The molecule has 3 aliphatic heterocycles. The summed E-state index contributed by atoms with van der Waals surface area (Å²) in [5.41, 5.74) is 5.20. The lowest BCUT2D eigenvalue weighted by atomic mass is 9.88. The van der Waals surface area contributed by atoms with E-state index in [1.165, 1.54) is 0 Å². The summed E-state index contributed by atoms with van der Waals surface area (Å²) in [6, 6.07) is 6.04. The molecule has 2 saturated heterocycles. The van der Waals surface area contributed by atoms with Crippen LogP contribution in [0.2, 0.25) is 5.02 Å². The largest absolute Gasteiger partial charge is 0.492 e. The fourth-order valence-corrected chi connectivity index (χ4v) is 7.34. The fraction of sp³-hybridized carbons (Fsp3) is 0.514. The van der Waals surface area contributed by atoms with Gasteiger partial charge in [-0.1, -0.05) is 11.6 Å². The van der Waals surface area contributed by atoms with Crippen molar-refractivity contribution in [1.29, 1.82) is 5.26 Å². The minimum Gasteiger partial charge on any atom is -0.492 e. The van der Waals surface area contributed by atoms with Crippen molar-refractivity contribution < 1.29 is 19.0 Å². The van der Waals surface area contributed by atoms with E-state index in [0.717, 1.165) is 94.3 Å². The summed E-state index contributed by atoms with van der Waals surface area (Å²) >= 11 is 6.94. The molecule has 2 atom stereocenters. The van der Waals surface area contributed by atoms with E-state index < -0.39 is 11.7 Å². The van der Waals surface area contributed by atoms with Crippen LogP contribution in [0.1, 0.15) is 70.2 Å². The molecule has 1 unspecified atom stereocenters. The van der Waals surface area contributed by atoms with E-state index in [4.69, 9.17) is 40.9 Å². The van der Waals surface area contributed by atoms with E-state index in [1.807, 2.05) is 37.7 Å². The van der Waals surface area contributed by atoms with Crippen LogP contribution in [-0.2, 0) is 15.9 Å². The van der Waals surface area contributed by atoms with Crippen molar-refractivity contribution in [1.82, 2.24) is 24.6 Å². The van der Waals surface area contributed by atoms with Gasteiger partial charge in [0.1, 0.15) is 23.5 Å². The molecule has 2 aromatic carbocycles. The molecule has 0 saturated carbocycles. The first-order valence-corrected chi connectivity index (χ1v) is 16.9. The van der Waals surface area contributed by atoms with Crippen LogP contribution in [0.3, 0.4) is 0 Å². The average molecular weight is 658 g/mol. The van der Waals surface area contributed by atoms with Crippen LogP contribution in [-0.4, -0.2) is 75.2 Å². The Labute approximate surface area is 279 Å². The molecule has 0 spiro atoms. The van der Waals surface area contributed by atoms with Gasteiger partial charge in [-0.3, -0.25) is 0 Å². The molecule has 11 nitrogen and oxygen atoms in total. The Morgan fingerprint density at radius 3 is 2.79 bits per heavy atom. The Morgan fingerprint density at radius 1 is 1.17 bits per heavy atom. The second kappa shape index (κ2) is 12.5. The van der Waals surface area contributed by atoms with Crippen LogP contribution in [0.5, 0.6) is 5.75 Å². The predicted octanol–water partition coefficient (Wildman–Crippen LogP) is 6.97. The Kier molecular flexibility index (Phi) is 8.35. The average Bonchev–Trinajstić information content (AvgIpc) is 3.47. The smallest absolute Gasteiger partial charge is 0.410 e. The highest BCUT2D eigenvalue weighted by molar-refractivity contribution is 6.33. The first kappa shape index (κ1) is 31.5. The number of aromatic nitrogens is 4. The molecule has 12 heteroatoms. The van der Waals surface area contributed by atoms with Crippen molar-refractivity contribution in [2.75, 3.05) is 37.7 Å². The third kappa shape index (κ3) is 5.82. The molecular weight excluding hydrogens is 618 g/mol. The molecular formula is C35H40ClN7O4. The highest BCUT2D eigenvalue weighted by Gasteiger charge is 2.35. The number of piperazine rings is 1. The zero-order chi connectivity index (χ0) is 32.9. The number of hydrogen-bond donors (Lipinski definition) is 0. The van der Waals surface area contributed by atoms with E-state index in [9.17, 15) is 10.1 Å². The number of carbonyl (C=O) groups is 1. The SMILES string of the molecule is Cc1c(Cl)cc2c(cnn2C2CCCCO2)c1-c1cc2ncnc(N3CCN(C(=O)OC(C)(C)C)[C@@H](CC#N)C3)c2c2c1CCCO2. The standard InChI is InChI=1S/C35H40ClN7O4/c1-21-26(36)17-28-25(18-40-43(28)29-9-5-6-14-45-29)30(21)24-16-27-31(32-23(24)8-7-15-46-32)33(39-20-38-27)41-12-13-42(22(19-41)10-11-37)34(44)47-35(2,3)4/h16-18,20,22,29H,5-10,12-15,19H2,1-4H3/t22-,29?/m0/s1. The normalized spacial score (nSPS) is 20.2. The number of benzene rings is 2. The van der Waals surface area contributed by atoms with Gasteiger partial charge in [-0.15, -0.1) is 0 Å². The Balaban J connectivity index is 1.33. The van der Waals surface area contributed by atoms with Crippen molar-refractivity contribution in [2.45, 2.75) is 84.1 Å². The summed E-state index contributed by atoms with van der Waals surface area (Å²) in [6.45, 7) is 10.3. The second-order valence-corrected chi connectivity index (χ2v) is 14.0. The molecule has 5 heterocycles. The first-order chi connectivity index (χ1) is 22.6. The van der Waals surface area contributed by atoms with Crippen LogP contribution in [0.4, 0.5) is 10.6 Å². The number of ether oxygens (including phenoxy) is 3. The molecule has 47 heavy (non-hydrogen) atoms. The summed E-state index contributed by atoms with van der Waals surface area (Å²) in [6.07, 6.45) is 7.95. The Morgan fingerprint density at radius 2 is 2.02 bits per heavy atom. The highest BCUT2D eigenvalue weighted by Crippen LogP contribution is 2.47. The number of carbonyl (C=O) groups excluding carboxylic acids is 1. The van der Waals surface area contributed by atoms with Gasteiger partial charge in [-0.05, 0) is 88.6 Å². The molecule has 7 rings (SSSR count). The molecule has 3 aliphatic rings. The third-order valence-electron chi connectivity index (χ3n) is 9.32. The maximum atomic E-state index is 13.1. The minimum atomic E-state index is -0.627. The number of hydrogen-bond acceptors (Lipinski definition) is 9. The summed E-state index contributed by atoms with van der Waals surface area (Å²) < 4.78 is 20.2. The summed E-state index contributed by atoms with van der Waals surface area (Å²) in [4.78, 5) is 26.4. The molecule has 0 aliphatic carbocycles. The van der Waals surface area contributed by atoms with Gasteiger partial charge >= 0.3 is 6.09 Å². The maximum absolute atomic E-state index is 13.1. The van der Waals surface area contributed by atoms with E-state index in [2.05, 4.69) is 24.0 Å². The summed E-state index contributed by atoms with van der Waals surface area (Å²) in [5.74, 6) is 1.52. The van der Waals surface area contributed by atoms with Crippen LogP contribution in [0, 0.1) is 18.3 Å². The zero-order valence-electron chi connectivity index (χ0n) is 27.4. The summed E-state index contributed by atoms with van der Waals surface area (Å²) in [5, 5.41) is 17.0. The van der Waals surface area contributed by atoms with Gasteiger partial charge in [-0.25, -0.2) is 19.4 Å². The number of anilines is 1. The maximum Gasteiger partial charge on any atom is 0.410 e. The van der Waals surface area contributed by atoms with Crippen LogP contribution >= 0.6 is 11.6 Å². The van der Waals surface area contributed by atoms with Crippen molar-refractivity contribution >= 4 is 45.3 Å². The fourth-order valence-electron chi connectivity index (χ4n) is 7.15. The van der Waals surface area contributed by atoms with Gasteiger partial charge in [0.25, 0.3) is 0 Å². The minimum absolute atomic E-state index is 0.113. The van der Waals surface area contributed by atoms with Crippen LogP contribution < -0.4 is 9.64 Å². The second-order valence-electron chi connectivity index (χ2n) is 13.6. The topological polar surface area (TPSA) is 119 Å². The lowest BCUT2D eigenvalue weighted by Crippen LogP contribution is -2.56. The van der Waals surface area contributed by atoms with Crippen LogP contribution in [0.15, 0.2) is 24.7 Å². The van der Waals surface area contributed by atoms with Gasteiger partial charge in [-0.2, -0.15) is 10.4 Å². The van der Waals surface area contributed by atoms with E-state index >= 15 is 0 Å². The van der Waals surface area contributed by atoms with Gasteiger partial charge in [0, 0.05) is 42.2 Å². The van der Waals surface area contributed by atoms with Crippen molar-refractivity contribution in [3.8, 4) is 22.9 Å². The van der Waals surface area contributed by atoms with Gasteiger partial charge in [0.2, 0.25) is 0 Å². The van der Waals surface area contributed by atoms with E-state index in [0.29, 0.717) is 31.3 Å². The number of halogens is 1. The first-order valence-electron chi connectivity index (χ1n) is 16.5. The molecule has 246 valence electrons. The van der Waals surface area contributed by atoms with Gasteiger partial charge in [0.05, 0.1) is 47.8 Å². The number of nitriles is 1. The Bertz CT molecular complexity index is 1890. The predicted molar refractivity (Wildman–Crippen MR) is 180 cm³/mol. The highest BCUT2D eigenvalue weighted by atomic mass is 35.5. The molecule has 2 aromatic heterocycles. The van der Waals surface area contributed by atoms with E-state index in [-0.39, 0.29) is 18.7 Å². The number of nitrogens with zero attached hydrogens (tertiary/aromatic N) is 7. The van der Waals surface area contributed by atoms with Gasteiger partial charge < -0.3 is 24.0 Å². The quantitative estimate of drug-likeness (QED) is 0.229. The summed E-state index contributed by atoms with van der Waals surface area (Å²) in [7, 11) is 0. The number of fused-ring (bicyclic) bond motifs is 4.